The third-order valence-electron chi connectivity index (χ3n) is 20.5. The van der Waals surface area contributed by atoms with Crippen LogP contribution in [0.15, 0.2) is 0 Å². The standard InChI is InChI=1S/C87H170O17P2/c1-7-9-11-13-15-17-19-21-23-25-27-28-30-32-34-36-38-47-53-59-65-71-86(91)103-82(75-97-84(89)69-63-57-51-45-37-35-33-31-29-26-24-22-20-18-16-14-12-10-8-2)77-101-105(93,94)99-73-81(88)74-100-106(95,96)102-78-83(104-87(92)72-66-60-54-48-42-40-44-50-56-62-68-80(5)6)76-98-85(90)70-64-58-52-46-41-39-43-49-55-61-67-79(3)4/h79-83,88H,7-78H2,1-6H3,(H,93,94)(H,95,96)/t81-,82-,83-/m1/s1. The van der Waals surface area contributed by atoms with Gasteiger partial charge in [0.1, 0.15) is 19.3 Å². The highest BCUT2D eigenvalue weighted by molar-refractivity contribution is 7.47. The molecule has 0 aliphatic heterocycles. The number of hydrogen-bond donors (Lipinski definition) is 3. The minimum absolute atomic E-state index is 0.106. The third kappa shape index (κ3) is 80.1. The number of aliphatic hydroxyl groups excluding tert-OH is 1. The van der Waals surface area contributed by atoms with E-state index in [-0.39, 0.29) is 25.7 Å². The summed E-state index contributed by atoms with van der Waals surface area (Å²) in [6, 6.07) is 0. The summed E-state index contributed by atoms with van der Waals surface area (Å²) in [5.74, 6) is -0.591. The van der Waals surface area contributed by atoms with Crippen molar-refractivity contribution in [3.05, 3.63) is 0 Å². The Labute approximate surface area is 651 Å². The first-order valence-corrected chi connectivity index (χ1v) is 48.0. The molecule has 0 aliphatic rings. The summed E-state index contributed by atoms with van der Waals surface area (Å²) >= 11 is 0. The van der Waals surface area contributed by atoms with Gasteiger partial charge in [-0.1, -0.05) is 414 Å². The normalized spacial score (nSPS) is 13.8. The average Bonchev–Trinajstić information content (AvgIpc) is 0.900. The molecule has 0 fully saturated rings. The van der Waals surface area contributed by atoms with Crippen molar-refractivity contribution in [1.82, 2.24) is 0 Å². The van der Waals surface area contributed by atoms with Gasteiger partial charge in [-0.2, -0.15) is 0 Å². The Morgan fingerprint density at radius 2 is 0.434 bits per heavy atom. The van der Waals surface area contributed by atoms with Crippen LogP contribution >= 0.6 is 15.6 Å². The van der Waals surface area contributed by atoms with Crippen LogP contribution in [0.5, 0.6) is 0 Å². The molecule has 0 bridgehead atoms. The zero-order valence-electron chi connectivity index (χ0n) is 69.7. The second-order valence-corrected chi connectivity index (χ2v) is 35.1. The van der Waals surface area contributed by atoms with E-state index >= 15 is 0 Å². The van der Waals surface area contributed by atoms with E-state index in [1.165, 1.54) is 283 Å². The summed E-state index contributed by atoms with van der Waals surface area (Å²) in [5, 5.41) is 10.7. The van der Waals surface area contributed by atoms with Gasteiger partial charge in [0.15, 0.2) is 12.2 Å². The molecular formula is C87H170O17P2. The first-order chi connectivity index (χ1) is 51.4. The monoisotopic (exact) mass is 1550 g/mol. The van der Waals surface area contributed by atoms with E-state index in [2.05, 4.69) is 41.5 Å². The average molecular weight is 1550 g/mol. The molecule has 17 nitrogen and oxygen atoms in total. The molecule has 3 N–H and O–H groups in total. The number of rotatable bonds is 86. The number of esters is 4. The van der Waals surface area contributed by atoms with E-state index in [4.69, 9.17) is 37.0 Å². The van der Waals surface area contributed by atoms with Gasteiger partial charge in [-0.05, 0) is 37.5 Å². The highest BCUT2D eigenvalue weighted by Crippen LogP contribution is 2.45. The largest absolute Gasteiger partial charge is 0.472 e. The van der Waals surface area contributed by atoms with Gasteiger partial charge in [-0.25, -0.2) is 9.13 Å². The van der Waals surface area contributed by atoms with Crippen LogP contribution in [-0.2, 0) is 65.4 Å². The maximum atomic E-state index is 13.2. The van der Waals surface area contributed by atoms with Crippen molar-refractivity contribution in [2.24, 2.45) is 11.8 Å². The molecule has 630 valence electrons. The van der Waals surface area contributed by atoms with Gasteiger partial charge in [-0.3, -0.25) is 37.3 Å². The first kappa shape index (κ1) is 104. The molecule has 0 radical (unpaired) electrons. The summed E-state index contributed by atoms with van der Waals surface area (Å²) in [6.07, 6.45) is 70.9. The molecular weight excluding hydrogens is 1380 g/mol. The van der Waals surface area contributed by atoms with Gasteiger partial charge >= 0.3 is 39.5 Å². The van der Waals surface area contributed by atoms with Crippen LogP contribution in [0.4, 0.5) is 0 Å². The lowest BCUT2D eigenvalue weighted by Crippen LogP contribution is -2.30. The highest BCUT2D eigenvalue weighted by atomic mass is 31.2. The maximum Gasteiger partial charge on any atom is 0.472 e. The number of phosphoric acid groups is 2. The van der Waals surface area contributed by atoms with E-state index in [1.807, 2.05) is 0 Å². The van der Waals surface area contributed by atoms with Gasteiger partial charge < -0.3 is 33.8 Å². The van der Waals surface area contributed by atoms with Gasteiger partial charge in [0, 0.05) is 25.7 Å². The van der Waals surface area contributed by atoms with Crippen molar-refractivity contribution in [3.8, 4) is 0 Å². The van der Waals surface area contributed by atoms with Crippen molar-refractivity contribution < 1.29 is 80.2 Å². The van der Waals surface area contributed by atoms with Gasteiger partial charge in [0.25, 0.3) is 0 Å². The smallest absolute Gasteiger partial charge is 0.462 e. The molecule has 0 aromatic heterocycles. The second-order valence-electron chi connectivity index (χ2n) is 32.2. The summed E-state index contributed by atoms with van der Waals surface area (Å²) in [6.45, 7) is 9.66. The quantitative estimate of drug-likeness (QED) is 0.0222. The number of hydrogen-bond acceptors (Lipinski definition) is 15. The Bertz CT molecular complexity index is 2030. The number of carbonyl (C=O) groups excluding carboxylic acids is 4. The third-order valence-corrected chi connectivity index (χ3v) is 22.4. The number of aliphatic hydroxyl groups is 1. The predicted molar refractivity (Wildman–Crippen MR) is 437 cm³/mol. The second kappa shape index (κ2) is 78.3. The van der Waals surface area contributed by atoms with E-state index in [1.54, 1.807) is 0 Å². The fourth-order valence-corrected chi connectivity index (χ4v) is 15.2. The molecule has 106 heavy (non-hydrogen) atoms. The van der Waals surface area contributed by atoms with Crippen LogP contribution in [0, 0.1) is 11.8 Å². The van der Waals surface area contributed by atoms with Crippen molar-refractivity contribution in [2.75, 3.05) is 39.6 Å². The summed E-state index contributed by atoms with van der Waals surface area (Å²) in [4.78, 5) is 73.3. The maximum absolute atomic E-state index is 13.2. The molecule has 0 spiro atoms. The van der Waals surface area contributed by atoms with Crippen molar-refractivity contribution >= 4 is 39.5 Å². The molecule has 0 aromatic rings. The zero-order valence-corrected chi connectivity index (χ0v) is 71.5. The Morgan fingerprint density at radius 1 is 0.255 bits per heavy atom. The molecule has 0 aliphatic carbocycles. The molecule has 0 rings (SSSR count). The topological polar surface area (TPSA) is 237 Å². The van der Waals surface area contributed by atoms with Crippen LogP contribution in [-0.4, -0.2) is 96.7 Å². The van der Waals surface area contributed by atoms with Crippen molar-refractivity contribution in [1.29, 1.82) is 0 Å². The fourth-order valence-electron chi connectivity index (χ4n) is 13.6. The number of phosphoric ester groups is 2. The van der Waals surface area contributed by atoms with E-state index in [9.17, 15) is 43.2 Å². The Kier molecular flexibility index (Phi) is 76.9. The summed E-state index contributed by atoms with van der Waals surface area (Å²) < 4.78 is 68.9. The minimum Gasteiger partial charge on any atom is -0.462 e. The van der Waals surface area contributed by atoms with Crippen LogP contribution in [0.3, 0.4) is 0 Å². The molecule has 0 aromatic carbocycles. The molecule has 2 unspecified atom stereocenters. The number of carbonyl (C=O) groups is 4. The Morgan fingerprint density at radius 3 is 0.642 bits per heavy atom. The highest BCUT2D eigenvalue weighted by Gasteiger charge is 2.30. The van der Waals surface area contributed by atoms with E-state index in [0.717, 1.165) is 102 Å². The first-order valence-electron chi connectivity index (χ1n) is 45.0. The number of unbranched alkanes of at least 4 members (excludes halogenated alkanes) is 56. The predicted octanol–water partition coefficient (Wildman–Crippen LogP) is 26.6. The van der Waals surface area contributed by atoms with E-state index in [0.29, 0.717) is 25.7 Å². The summed E-state index contributed by atoms with van der Waals surface area (Å²) in [5.41, 5.74) is 0. The molecule has 0 heterocycles. The van der Waals surface area contributed by atoms with E-state index < -0.39 is 97.5 Å². The van der Waals surface area contributed by atoms with Gasteiger partial charge in [-0.15, -0.1) is 0 Å². The van der Waals surface area contributed by atoms with Crippen LogP contribution in [0.2, 0.25) is 0 Å². The fraction of sp³-hybridized carbons (Fsp3) is 0.954. The lowest BCUT2D eigenvalue weighted by Gasteiger charge is -2.21. The molecule has 5 atom stereocenters. The number of ether oxygens (including phenoxy) is 4. The Balaban J connectivity index is 5.24. The van der Waals surface area contributed by atoms with Crippen molar-refractivity contribution in [2.45, 2.75) is 484 Å². The van der Waals surface area contributed by atoms with Crippen LogP contribution in [0.25, 0.3) is 0 Å². The minimum atomic E-state index is -4.97. The lowest BCUT2D eigenvalue weighted by molar-refractivity contribution is -0.161. The SMILES string of the molecule is CCCCCCCCCCCCCCCCCCCCCCCC(=O)O[C@H](COC(=O)CCCCCCCCCCCCCCCCCCCCC)COP(=O)(O)OC[C@@H](O)COP(=O)(O)OC[C@@H](COC(=O)CCCCCCCCCCCCC(C)C)OC(=O)CCCCCCCCCCCCC(C)C. The summed E-state index contributed by atoms with van der Waals surface area (Å²) in [7, 11) is -9.93. The Hall–Kier alpha value is -1.94. The van der Waals surface area contributed by atoms with Gasteiger partial charge in [0.2, 0.25) is 0 Å². The van der Waals surface area contributed by atoms with Crippen LogP contribution < -0.4 is 0 Å². The lowest BCUT2D eigenvalue weighted by atomic mass is 10.0. The molecule has 0 amide bonds. The van der Waals surface area contributed by atoms with Crippen LogP contribution in [0.1, 0.15) is 465 Å². The zero-order chi connectivity index (χ0) is 77.8. The molecule has 0 saturated heterocycles. The molecule has 19 heteroatoms. The van der Waals surface area contributed by atoms with Crippen molar-refractivity contribution in [3.63, 3.8) is 0 Å². The molecule has 0 saturated carbocycles. The van der Waals surface area contributed by atoms with Gasteiger partial charge in [0.05, 0.1) is 26.4 Å².